The van der Waals surface area contributed by atoms with Gasteiger partial charge in [0.05, 0.1) is 5.75 Å². The second-order valence-corrected chi connectivity index (χ2v) is 8.51. The zero-order valence-electron chi connectivity index (χ0n) is 12.7. The Morgan fingerprint density at radius 1 is 1.05 bits per heavy atom. The van der Waals surface area contributed by atoms with Crippen molar-refractivity contribution in [2.24, 2.45) is 11.8 Å². The molecule has 2 rings (SSSR count). The minimum atomic E-state index is -3.10. The number of hydrogen-bond donors (Lipinski definition) is 2. The minimum Gasteiger partial charge on any atom is -0.317 e. The fraction of sp³-hybridized carbons (Fsp3) is 1.00. The summed E-state index contributed by atoms with van der Waals surface area (Å²) in [5, 5.41) is 3.33. The van der Waals surface area contributed by atoms with E-state index < -0.39 is 10.0 Å². The molecule has 2 atom stereocenters. The van der Waals surface area contributed by atoms with Crippen molar-refractivity contribution in [1.29, 1.82) is 0 Å². The summed E-state index contributed by atoms with van der Waals surface area (Å²) in [4.78, 5) is 0. The maximum atomic E-state index is 12.3. The van der Waals surface area contributed by atoms with Crippen LogP contribution in [0.2, 0.25) is 0 Å². The molecule has 1 aliphatic heterocycles. The van der Waals surface area contributed by atoms with E-state index in [2.05, 4.69) is 17.0 Å². The average Bonchev–Trinajstić information content (AvgIpc) is 2.63. The van der Waals surface area contributed by atoms with E-state index in [4.69, 9.17) is 0 Å². The summed E-state index contributed by atoms with van der Waals surface area (Å²) in [5.41, 5.74) is 0. The van der Waals surface area contributed by atoms with Crippen molar-refractivity contribution in [3.8, 4) is 0 Å². The highest BCUT2D eigenvalue weighted by Gasteiger charge is 2.25. The number of rotatable bonds is 5. The molecular formula is C15H30N2O2S. The third kappa shape index (κ3) is 5.34. The first-order chi connectivity index (χ1) is 9.57. The molecule has 0 spiro atoms. The summed E-state index contributed by atoms with van der Waals surface area (Å²) >= 11 is 0. The van der Waals surface area contributed by atoms with Gasteiger partial charge in [-0.2, -0.15) is 0 Å². The van der Waals surface area contributed by atoms with Crippen LogP contribution in [0, 0.1) is 11.8 Å². The molecule has 2 N–H and O–H groups in total. The Morgan fingerprint density at radius 2 is 1.75 bits per heavy atom. The van der Waals surface area contributed by atoms with Crippen LogP contribution in [0.15, 0.2) is 0 Å². The molecule has 118 valence electrons. The number of nitrogens with one attached hydrogen (secondary N) is 2. The van der Waals surface area contributed by atoms with Crippen LogP contribution in [0.1, 0.15) is 58.3 Å². The van der Waals surface area contributed by atoms with Gasteiger partial charge in [0.1, 0.15) is 0 Å². The standard InChI is InChI=1S/C15H30N2O2S/c1-13-5-3-2-4-6-15(13)17-20(18,19)12-9-14-7-10-16-11-8-14/h13-17H,2-12H2,1H3. The summed E-state index contributed by atoms with van der Waals surface area (Å²) in [6, 6.07) is 0.163. The Balaban J connectivity index is 1.79. The van der Waals surface area contributed by atoms with Crippen LogP contribution in [-0.4, -0.2) is 33.3 Å². The number of sulfonamides is 1. The smallest absolute Gasteiger partial charge is 0.211 e. The van der Waals surface area contributed by atoms with Crippen LogP contribution < -0.4 is 10.0 Å². The highest BCUT2D eigenvalue weighted by atomic mass is 32.2. The van der Waals surface area contributed by atoms with Gasteiger partial charge in [0.2, 0.25) is 10.0 Å². The third-order valence-electron chi connectivity index (χ3n) is 4.95. The fourth-order valence-corrected chi connectivity index (χ4v) is 5.02. The summed E-state index contributed by atoms with van der Waals surface area (Å²) in [5.74, 6) is 1.37. The second kappa shape index (κ2) is 7.76. The van der Waals surface area contributed by atoms with E-state index >= 15 is 0 Å². The first-order valence-electron chi connectivity index (χ1n) is 8.27. The van der Waals surface area contributed by atoms with E-state index in [1.807, 2.05) is 0 Å². The SMILES string of the molecule is CC1CCCCCC1NS(=O)(=O)CCC1CCNCC1. The largest absolute Gasteiger partial charge is 0.317 e. The fourth-order valence-electron chi connectivity index (χ4n) is 3.45. The first kappa shape index (κ1) is 16.2. The molecule has 1 saturated heterocycles. The summed E-state index contributed by atoms with van der Waals surface area (Å²) in [7, 11) is -3.10. The van der Waals surface area contributed by atoms with Gasteiger partial charge in [-0.3, -0.25) is 0 Å². The van der Waals surface area contributed by atoms with Gasteiger partial charge in [-0.15, -0.1) is 0 Å². The number of piperidine rings is 1. The van der Waals surface area contributed by atoms with Gasteiger partial charge >= 0.3 is 0 Å². The van der Waals surface area contributed by atoms with Gasteiger partial charge in [-0.25, -0.2) is 13.1 Å². The Kier molecular flexibility index (Phi) is 6.30. The van der Waals surface area contributed by atoms with Crippen LogP contribution in [0.3, 0.4) is 0 Å². The highest BCUT2D eigenvalue weighted by Crippen LogP contribution is 2.24. The van der Waals surface area contributed by atoms with E-state index in [1.165, 1.54) is 12.8 Å². The molecule has 1 aliphatic carbocycles. The number of hydrogen-bond acceptors (Lipinski definition) is 3. The lowest BCUT2D eigenvalue weighted by Gasteiger charge is -2.25. The predicted molar refractivity (Wildman–Crippen MR) is 83.2 cm³/mol. The maximum Gasteiger partial charge on any atom is 0.211 e. The molecule has 5 heteroatoms. The van der Waals surface area contributed by atoms with Crippen molar-refractivity contribution in [3.05, 3.63) is 0 Å². The van der Waals surface area contributed by atoms with E-state index in [-0.39, 0.29) is 6.04 Å². The third-order valence-corrected chi connectivity index (χ3v) is 6.38. The highest BCUT2D eigenvalue weighted by molar-refractivity contribution is 7.89. The van der Waals surface area contributed by atoms with Crippen LogP contribution in [0.25, 0.3) is 0 Å². The Morgan fingerprint density at radius 3 is 2.50 bits per heavy atom. The molecule has 20 heavy (non-hydrogen) atoms. The minimum absolute atomic E-state index is 0.163. The normalized spacial score (nSPS) is 30.1. The van der Waals surface area contributed by atoms with Crippen molar-refractivity contribution in [1.82, 2.24) is 10.0 Å². The molecule has 2 aliphatic rings. The van der Waals surface area contributed by atoms with Crippen molar-refractivity contribution in [3.63, 3.8) is 0 Å². The van der Waals surface area contributed by atoms with Crippen molar-refractivity contribution >= 4 is 10.0 Å². The quantitative estimate of drug-likeness (QED) is 0.766. The molecule has 0 bridgehead atoms. The van der Waals surface area contributed by atoms with Crippen molar-refractivity contribution in [2.75, 3.05) is 18.8 Å². The maximum absolute atomic E-state index is 12.3. The topological polar surface area (TPSA) is 58.2 Å². The van der Waals surface area contributed by atoms with Gasteiger partial charge in [-0.1, -0.05) is 26.2 Å². The molecule has 0 aromatic rings. The van der Waals surface area contributed by atoms with Gasteiger partial charge in [0, 0.05) is 6.04 Å². The van der Waals surface area contributed by atoms with Crippen LogP contribution in [0.5, 0.6) is 0 Å². The van der Waals surface area contributed by atoms with Gasteiger partial charge in [0.25, 0.3) is 0 Å². The molecule has 0 aromatic heterocycles. The summed E-state index contributed by atoms with van der Waals surface area (Å²) in [6.45, 7) is 4.26. The van der Waals surface area contributed by atoms with Crippen molar-refractivity contribution < 1.29 is 8.42 Å². The van der Waals surface area contributed by atoms with Gasteiger partial charge in [-0.05, 0) is 57.0 Å². The molecule has 1 saturated carbocycles. The molecule has 0 aromatic carbocycles. The summed E-state index contributed by atoms with van der Waals surface area (Å²) < 4.78 is 27.5. The van der Waals surface area contributed by atoms with Crippen LogP contribution in [-0.2, 0) is 10.0 Å². The second-order valence-electron chi connectivity index (χ2n) is 6.64. The molecule has 0 radical (unpaired) electrons. The molecule has 2 fully saturated rings. The predicted octanol–water partition coefficient (Wildman–Crippen LogP) is 2.26. The first-order valence-corrected chi connectivity index (χ1v) is 9.93. The lowest BCUT2D eigenvalue weighted by atomic mass is 9.96. The zero-order chi connectivity index (χ0) is 14.4. The van der Waals surface area contributed by atoms with E-state index in [9.17, 15) is 8.42 Å². The molecule has 4 nitrogen and oxygen atoms in total. The van der Waals surface area contributed by atoms with Crippen molar-refractivity contribution in [2.45, 2.75) is 64.3 Å². The average molecular weight is 302 g/mol. The van der Waals surface area contributed by atoms with Gasteiger partial charge in [0.15, 0.2) is 0 Å². The molecular weight excluding hydrogens is 272 g/mol. The Hall–Kier alpha value is -0.130. The zero-order valence-corrected chi connectivity index (χ0v) is 13.6. The Labute approximate surface area is 124 Å². The molecule has 0 amide bonds. The summed E-state index contributed by atoms with van der Waals surface area (Å²) in [6.07, 6.45) is 8.87. The lowest BCUT2D eigenvalue weighted by molar-refractivity contribution is 0.362. The van der Waals surface area contributed by atoms with Crippen LogP contribution >= 0.6 is 0 Å². The lowest BCUT2D eigenvalue weighted by Crippen LogP contribution is -2.40. The van der Waals surface area contributed by atoms with Gasteiger partial charge < -0.3 is 5.32 Å². The van der Waals surface area contributed by atoms with E-state index in [0.29, 0.717) is 17.6 Å². The molecule has 1 heterocycles. The van der Waals surface area contributed by atoms with Crippen LogP contribution in [0.4, 0.5) is 0 Å². The van der Waals surface area contributed by atoms with E-state index in [1.54, 1.807) is 0 Å². The van der Waals surface area contributed by atoms with E-state index in [0.717, 1.165) is 51.6 Å². The monoisotopic (exact) mass is 302 g/mol. The Bertz CT molecular complexity index is 377. The molecule has 2 unspecified atom stereocenters.